The molecule has 0 saturated carbocycles. The van der Waals surface area contributed by atoms with Gasteiger partial charge in [-0.25, -0.2) is 0 Å². The topological polar surface area (TPSA) is 45.6 Å². The minimum absolute atomic E-state index is 0.140. The molecule has 17 heavy (non-hydrogen) atoms. The highest BCUT2D eigenvalue weighted by Gasteiger charge is 2.20. The fourth-order valence-corrected chi connectivity index (χ4v) is 2.29. The molecule has 1 atom stereocenters. The van der Waals surface area contributed by atoms with E-state index in [4.69, 9.17) is 10.2 Å². The first-order chi connectivity index (χ1) is 8.06. The van der Waals surface area contributed by atoms with Crippen molar-refractivity contribution >= 4 is 15.9 Å². The van der Waals surface area contributed by atoms with Gasteiger partial charge in [-0.2, -0.15) is 0 Å². The number of nitrogens with two attached hydrogens (primary N) is 1. The summed E-state index contributed by atoms with van der Waals surface area (Å²) in [6, 6.07) is 2.05. The van der Waals surface area contributed by atoms with Crippen LogP contribution in [0.1, 0.15) is 18.2 Å². The van der Waals surface area contributed by atoms with Gasteiger partial charge in [0.05, 0.1) is 16.8 Å². The highest BCUT2D eigenvalue weighted by molar-refractivity contribution is 9.10. The van der Waals surface area contributed by atoms with E-state index in [1.54, 1.807) is 6.26 Å². The third-order valence-corrected chi connectivity index (χ3v) is 3.47. The molecule has 0 radical (unpaired) electrons. The molecule has 2 N–H and O–H groups in total. The number of rotatable bonds is 7. The van der Waals surface area contributed by atoms with Gasteiger partial charge >= 0.3 is 0 Å². The molecule has 0 saturated heterocycles. The van der Waals surface area contributed by atoms with Crippen molar-refractivity contribution in [2.24, 2.45) is 5.73 Å². The molecule has 1 aromatic rings. The van der Waals surface area contributed by atoms with Crippen LogP contribution in [-0.2, 0) is 0 Å². The Kier molecular flexibility index (Phi) is 6.19. The second-order valence-electron chi connectivity index (χ2n) is 4.52. The number of hydrogen-bond donors (Lipinski definition) is 1. The zero-order valence-electron chi connectivity index (χ0n) is 10.8. The maximum atomic E-state index is 5.83. The lowest BCUT2D eigenvalue weighted by Gasteiger charge is -2.26. The molecule has 0 amide bonds. The molecule has 1 aromatic heterocycles. The summed E-state index contributed by atoms with van der Waals surface area (Å²) in [5.74, 6) is 0.917. The first kappa shape index (κ1) is 14.7. The molecule has 0 bridgehead atoms. The van der Waals surface area contributed by atoms with Gasteiger partial charge in [0.25, 0.3) is 0 Å². The first-order valence-corrected chi connectivity index (χ1v) is 6.63. The van der Waals surface area contributed by atoms with E-state index in [2.05, 4.69) is 46.9 Å². The Bertz CT molecular complexity index is 327. The average Bonchev–Trinajstić information content (AvgIpc) is 2.66. The van der Waals surface area contributed by atoms with E-state index >= 15 is 0 Å². The van der Waals surface area contributed by atoms with Crippen molar-refractivity contribution in [1.29, 1.82) is 0 Å². The average molecular weight is 304 g/mol. The van der Waals surface area contributed by atoms with E-state index in [9.17, 15) is 0 Å². The number of nitrogens with zero attached hydrogens (tertiary/aromatic N) is 2. The van der Waals surface area contributed by atoms with Crippen LogP contribution in [-0.4, -0.2) is 50.6 Å². The third kappa shape index (κ3) is 4.43. The molecule has 0 aliphatic carbocycles. The van der Waals surface area contributed by atoms with Crippen molar-refractivity contribution in [3.05, 3.63) is 22.6 Å². The molecule has 0 aliphatic rings. The second-order valence-corrected chi connectivity index (χ2v) is 5.38. The van der Waals surface area contributed by atoms with Crippen LogP contribution in [0.25, 0.3) is 0 Å². The number of furan rings is 1. The Morgan fingerprint density at radius 1 is 1.35 bits per heavy atom. The molecule has 0 aromatic carbocycles. The summed E-state index contributed by atoms with van der Waals surface area (Å²) in [5.41, 5.74) is 5.83. The maximum Gasteiger partial charge on any atom is 0.136 e. The van der Waals surface area contributed by atoms with Crippen LogP contribution in [0.4, 0.5) is 0 Å². The summed E-state index contributed by atoms with van der Waals surface area (Å²) in [6.45, 7) is 2.65. The van der Waals surface area contributed by atoms with Crippen molar-refractivity contribution < 1.29 is 4.42 Å². The van der Waals surface area contributed by atoms with Gasteiger partial charge in [0.1, 0.15) is 5.76 Å². The van der Waals surface area contributed by atoms with Crippen LogP contribution in [0.3, 0.4) is 0 Å². The smallest absolute Gasteiger partial charge is 0.136 e. The molecule has 1 heterocycles. The fraction of sp³-hybridized carbons (Fsp3) is 0.667. The second kappa shape index (κ2) is 7.16. The molecule has 5 heteroatoms. The van der Waals surface area contributed by atoms with Gasteiger partial charge in [-0.15, -0.1) is 0 Å². The van der Waals surface area contributed by atoms with Gasteiger partial charge in [0.2, 0.25) is 0 Å². The van der Waals surface area contributed by atoms with Crippen LogP contribution in [0.5, 0.6) is 0 Å². The minimum atomic E-state index is 0.140. The molecule has 0 spiro atoms. The fourth-order valence-electron chi connectivity index (χ4n) is 1.82. The highest BCUT2D eigenvalue weighted by atomic mass is 79.9. The van der Waals surface area contributed by atoms with E-state index < -0.39 is 0 Å². The predicted octanol–water partition coefficient (Wildman–Crippen LogP) is 1.93. The third-order valence-electron chi connectivity index (χ3n) is 2.82. The van der Waals surface area contributed by atoms with Crippen LogP contribution in [0.15, 0.2) is 21.2 Å². The first-order valence-electron chi connectivity index (χ1n) is 5.84. The summed E-state index contributed by atoms with van der Waals surface area (Å²) >= 11 is 3.48. The van der Waals surface area contributed by atoms with Crippen molar-refractivity contribution in [2.75, 3.05) is 40.8 Å². The Morgan fingerprint density at radius 2 is 2.06 bits per heavy atom. The summed E-state index contributed by atoms with van der Waals surface area (Å²) in [5, 5.41) is 0. The van der Waals surface area contributed by atoms with Crippen molar-refractivity contribution in [2.45, 2.75) is 12.5 Å². The van der Waals surface area contributed by atoms with Crippen molar-refractivity contribution in [3.8, 4) is 0 Å². The molecule has 0 aliphatic heterocycles. The standard InChI is InChI=1S/C12H22BrN3O/c1-15(2)6-4-7-16(3)11(9-14)12-10(13)5-8-17-12/h5,8,11H,4,6-7,9,14H2,1-3H3. The molecule has 1 unspecified atom stereocenters. The van der Waals surface area contributed by atoms with Gasteiger partial charge < -0.3 is 15.1 Å². The van der Waals surface area contributed by atoms with Crippen LogP contribution < -0.4 is 5.73 Å². The summed E-state index contributed by atoms with van der Waals surface area (Å²) < 4.78 is 6.48. The molecular formula is C12H22BrN3O. The predicted molar refractivity (Wildman–Crippen MR) is 74.0 cm³/mol. The van der Waals surface area contributed by atoms with Crippen LogP contribution >= 0.6 is 15.9 Å². The van der Waals surface area contributed by atoms with Crippen LogP contribution in [0.2, 0.25) is 0 Å². The van der Waals surface area contributed by atoms with E-state index in [1.807, 2.05) is 6.07 Å². The molecule has 1 rings (SSSR count). The Labute approximate surface area is 112 Å². The number of hydrogen-bond acceptors (Lipinski definition) is 4. The molecular weight excluding hydrogens is 282 g/mol. The number of likely N-dealkylation sites (N-methyl/N-ethyl adjacent to an activating group) is 1. The minimum Gasteiger partial charge on any atom is -0.466 e. The van der Waals surface area contributed by atoms with Crippen molar-refractivity contribution in [3.63, 3.8) is 0 Å². The van der Waals surface area contributed by atoms with E-state index in [0.29, 0.717) is 6.54 Å². The Balaban J connectivity index is 2.53. The largest absolute Gasteiger partial charge is 0.466 e. The SMILES string of the molecule is CN(C)CCCN(C)C(CN)c1occc1Br. The van der Waals surface area contributed by atoms with Gasteiger partial charge in [0.15, 0.2) is 0 Å². The lowest BCUT2D eigenvalue weighted by Crippen LogP contribution is -2.32. The molecule has 0 fully saturated rings. The van der Waals surface area contributed by atoms with Gasteiger partial charge in [0, 0.05) is 6.54 Å². The zero-order chi connectivity index (χ0) is 12.8. The number of halogens is 1. The summed E-state index contributed by atoms with van der Waals surface area (Å²) in [7, 11) is 6.26. The highest BCUT2D eigenvalue weighted by Crippen LogP contribution is 2.27. The van der Waals surface area contributed by atoms with Gasteiger partial charge in [-0.1, -0.05) is 0 Å². The van der Waals surface area contributed by atoms with E-state index in [-0.39, 0.29) is 6.04 Å². The van der Waals surface area contributed by atoms with E-state index in [1.165, 1.54) is 0 Å². The molecule has 98 valence electrons. The Hall–Kier alpha value is -0.360. The normalized spacial score (nSPS) is 13.6. The lowest BCUT2D eigenvalue weighted by molar-refractivity contribution is 0.209. The van der Waals surface area contributed by atoms with Crippen molar-refractivity contribution in [1.82, 2.24) is 9.80 Å². The van der Waals surface area contributed by atoms with E-state index in [0.717, 1.165) is 29.7 Å². The van der Waals surface area contributed by atoms with Crippen LogP contribution in [0, 0.1) is 0 Å². The quantitative estimate of drug-likeness (QED) is 0.836. The van der Waals surface area contributed by atoms with Gasteiger partial charge in [-0.05, 0) is 62.6 Å². The summed E-state index contributed by atoms with van der Waals surface area (Å²) in [6.07, 6.45) is 2.81. The molecule has 4 nitrogen and oxygen atoms in total. The maximum absolute atomic E-state index is 5.83. The monoisotopic (exact) mass is 303 g/mol. The summed E-state index contributed by atoms with van der Waals surface area (Å²) in [4.78, 5) is 4.43. The zero-order valence-corrected chi connectivity index (χ0v) is 12.4. The van der Waals surface area contributed by atoms with Gasteiger partial charge in [-0.3, -0.25) is 4.90 Å². The Morgan fingerprint density at radius 3 is 2.53 bits per heavy atom. The lowest BCUT2D eigenvalue weighted by atomic mass is 10.2.